The molecule has 0 radical (unpaired) electrons. The molecule has 2 aliphatic rings. The summed E-state index contributed by atoms with van der Waals surface area (Å²) < 4.78 is 0. The summed E-state index contributed by atoms with van der Waals surface area (Å²) in [5.41, 5.74) is 0.768. The van der Waals surface area contributed by atoms with E-state index in [1.807, 2.05) is 17.0 Å². The molecule has 1 aromatic rings. The first-order valence-corrected chi connectivity index (χ1v) is 7.93. The Balaban J connectivity index is 1.79. The summed E-state index contributed by atoms with van der Waals surface area (Å²) in [5.74, 6) is 1.01. The van der Waals surface area contributed by atoms with Crippen LogP contribution in [0.4, 0.5) is 5.82 Å². The van der Waals surface area contributed by atoms with Crippen molar-refractivity contribution in [2.75, 3.05) is 51.2 Å². The molecule has 0 spiro atoms. The first kappa shape index (κ1) is 14.3. The monoisotopic (exact) mass is 288 g/mol. The first-order chi connectivity index (χ1) is 10.3. The molecule has 5 heteroatoms. The first-order valence-electron chi connectivity index (χ1n) is 7.93. The van der Waals surface area contributed by atoms with E-state index >= 15 is 0 Å². The lowest BCUT2D eigenvalue weighted by molar-refractivity contribution is 0.0664. The Labute approximate surface area is 126 Å². The van der Waals surface area contributed by atoms with Gasteiger partial charge in [-0.15, -0.1) is 0 Å². The van der Waals surface area contributed by atoms with Crippen LogP contribution < -0.4 is 4.90 Å². The van der Waals surface area contributed by atoms with Crippen molar-refractivity contribution in [1.29, 1.82) is 0 Å². The van der Waals surface area contributed by atoms with Crippen LogP contribution in [-0.2, 0) is 0 Å². The summed E-state index contributed by atoms with van der Waals surface area (Å²) in [7, 11) is 2.10. The zero-order valence-electron chi connectivity index (χ0n) is 12.8. The van der Waals surface area contributed by atoms with E-state index in [2.05, 4.69) is 21.8 Å². The van der Waals surface area contributed by atoms with E-state index in [0.717, 1.165) is 50.6 Å². The van der Waals surface area contributed by atoms with Crippen molar-refractivity contribution in [3.63, 3.8) is 0 Å². The molecule has 0 N–H and O–H groups in total. The average molecular weight is 288 g/mol. The van der Waals surface area contributed by atoms with Crippen LogP contribution in [0, 0.1) is 0 Å². The van der Waals surface area contributed by atoms with Gasteiger partial charge in [-0.25, -0.2) is 4.98 Å². The lowest BCUT2D eigenvalue weighted by atomic mass is 10.1. The van der Waals surface area contributed by atoms with Gasteiger partial charge in [-0.2, -0.15) is 0 Å². The van der Waals surface area contributed by atoms with Gasteiger partial charge in [-0.1, -0.05) is 0 Å². The maximum atomic E-state index is 12.8. The summed E-state index contributed by atoms with van der Waals surface area (Å²) in [6.07, 6.45) is 5.47. The van der Waals surface area contributed by atoms with Crippen LogP contribution in [0.15, 0.2) is 18.3 Å². The second-order valence-electron chi connectivity index (χ2n) is 6.02. The van der Waals surface area contributed by atoms with Crippen LogP contribution in [0.5, 0.6) is 0 Å². The Morgan fingerprint density at radius 3 is 2.48 bits per heavy atom. The number of hydrogen-bond acceptors (Lipinski definition) is 4. The van der Waals surface area contributed by atoms with E-state index in [1.54, 1.807) is 6.20 Å². The number of amides is 1. The van der Waals surface area contributed by atoms with Crippen LogP contribution >= 0.6 is 0 Å². The number of rotatable bonds is 2. The fourth-order valence-corrected chi connectivity index (χ4v) is 3.10. The molecule has 1 amide bonds. The number of pyridine rings is 1. The van der Waals surface area contributed by atoms with Gasteiger partial charge in [0, 0.05) is 45.5 Å². The molecule has 0 bridgehead atoms. The molecule has 0 atom stereocenters. The van der Waals surface area contributed by atoms with Crippen LogP contribution in [0.3, 0.4) is 0 Å². The zero-order chi connectivity index (χ0) is 14.7. The van der Waals surface area contributed by atoms with Crippen molar-refractivity contribution in [2.45, 2.75) is 19.3 Å². The van der Waals surface area contributed by atoms with E-state index in [1.165, 1.54) is 19.3 Å². The summed E-state index contributed by atoms with van der Waals surface area (Å²) in [6.45, 7) is 5.55. The molecular weight excluding hydrogens is 264 g/mol. The topological polar surface area (TPSA) is 39.7 Å². The van der Waals surface area contributed by atoms with Crippen molar-refractivity contribution >= 4 is 11.7 Å². The Morgan fingerprint density at radius 1 is 1.05 bits per heavy atom. The molecule has 21 heavy (non-hydrogen) atoms. The van der Waals surface area contributed by atoms with Crippen molar-refractivity contribution in [2.24, 2.45) is 0 Å². The minimum atomic E-state index is 0.136. The largest absolute Gasteiger partial charge is 0.356 e. The zero-order valence-corrected chi connectivity index (χ0v) is 12.8. The lowest BCUT2D eigenvalue weighted by Gasteiger charge is -2.34. The molecule has 0 saturated carbocycles. The molecule has 3 heterocycles. The van der Waals surface area contributed by atoms with Crippen molar-refractivity contribution < 1.29 is 4.79 Å². The second-order valence-corrected chi connectivity index (χ2v) is 6.02. The minimum absolute atomic E-state index is 0.136. The molecule has 1 aromatic heterocycles. The lowest BCUT2D eigenvalue weighted by Crippen LogP contribution is -2.47. The minimum Gasteiger partial charge on any atom is -0.356 e. The van der Waals surface area contributed by atoms with E-state index < -0.39 is 0 Å². The number of nitrogens with zero attached hydrogens (tertiary/aromatic N) is 4. The Kier molecular flexibility index (Phi) is 4.39. The van der Waals surface area contributed by atoms with Gasteiger partial charge >= 0.3 is 0 Å². The maximum Gasteiger partial charge on any atom is 0.257 e. The quantitative estimate of drug-likeness (QED) is 0.826. The molecule has 2 saturated heterocycles. The molecule has 3 rings (SSSR count). The number of anilines is 1. The predicted molar refractivity (Wildman–Crippen MR) is 83.7 cm³/mol. The Morgan fingerprint density at radius 2 is 1.76 bits per heavy atom. The van der Waals surface area contributed by atoms with Gasteiger partial charge in [-0.3, -0.25) is 4.79 Å². The molecular formula is C16H24N4O. The fraction of sp³-hybridized carbons (Fsp3) is 0.625. The molecule has 0 aliphatic carbocycles. The molecule has 0 unspecified atom stereocenters. The van der Waals surface area contributed by atoms with Gasteiger partial charge in [0.1, 0.15) is 5.82 Å². The van der Waals surface area contributed by atoms with Crippen LogP contribution in [0.2, 0.25) is 0 Å². The fourth-order valence-electron chi connectivity index (χ4n) is 3.10. The van der Waals surface area contributed by atoms with Crippen LogP contribution in [-0.4, -0.2) is 67.0 Å². The third kappa shape index (κ3) is 3.18. The van der Waals surface area contributed by atoms with Crippen molar-refractivity contribution in [3.8, 4) is 0 Å². The molecule has 2 fully saturated rings. The smallest absolute Gasteiger partial charge is 0.257 e. The number of piperazine rings is 1. The number of carbonyl (C=O) groups excluding carboxylic acids is 1. The van der Waals surface area contributed by atoms with Gasteiger partial charge < -0.3 is 14.7 Å². The van der Waals surface area contributed by atoms with Gasteiger partial charge in [0.05, 0.1) is 5.56 Å². The van der Waals surface area contributed by atoms with Gasteiger partial charge in [-0.05, 0) is 38.4 Å². The summed E-state index contributed by atoms with van der Waals surface area (Å²) in [6, 6.07) is 3.80. The number of aromatic nitrogens is 1. The molecule has 0 aromatic carbocycles. The Bertz CT molecular complexity index is 491. The second kappa shape index (κ2) is 6.43. The van der Waals surface area contributed by atoms with E-state index in [-0.39, 0.29) is 5.91 Å². The van der Waals surface area contributed by atoms with Gasteiger partial charge in [0.2, 0.25) is 0 Å². The highest BCUT2D eigenvalue weighted by atomic mass is 16.2. The summed E-state index contributed by atoms with van der Waals surface area (Å²) >= 11 is 0. The number of piperidine rings is 1. The highest BCUT2D eigenvalue weighted by molar-refractivity contribution is 5.99. The number of likely N-dealkylation sites (N-methyl/N-ethyl adjacent to an activating group) is 1. The summed E-state index contributed by atoms with van der Waals surface area (Å²) in [4.78, 5) is 23.8. The van der Waals surface area contributed by atoms with E-state index in [4.69, 9.17) is 0 Å². The van der Waals surface area contributed by atoms with Crippen LogP contribution in [0.25, 0.3) is 0 Å². The predicted octanol–water partition coefficient (Wildman–Crippen LogP) is 1.46. The third-order valence-corrected chi connectivity index (χ3v) is 4.46. The Hall–Kier alpha value is -1.62. The average Bonchev–Trinajstić information content (AvgIpc) is 2.56. The SMILES string of the molecule is CN1CCN(C(=O)c2cccnc2N2CCCCC2)CC1. The normalized spacial score (nSPS) is 20.6. The number of hydrogen-bond donors (Lipinski definition) is 0. The van der Waals surface area contributed by atoms with Gasteiger partial charge in [0.25, 0.3) is 5.91 Å². The van der Waals surface area contributed by atoms with Crippen LogP contribution in [0.1, 0.15) is 29.6 Å². The van der Waals surface area contributed by atoms with Crippen molar-refractivity contribution in [1.82, 2.24) is 14.8 Å². The maximum absolute atomic E-state index is 12.8. The summed E-state index contributed by atoms with van der Waals surface area (Å²) in [5, 5.41) is 0. The third-order valence-electron chi connectivity index (χ3n) is 4.46. The molecule has 5 nitrogen and oxygen atoms in total. The highest BCUT2D eigenvalue weighted by Crippen LogP contribution is 2.23. The van der Waals surface area contributed by atoms with E-state index in [0.29, 0.717) is 0 Å². The van der Waals surface area contributed by atoms with Crippen molar-refractivity contribution in [3.05, 3.63) is 23.9 Å². The van der Waals surface area contributed by atoms with Gasteiger partial charge in [0.15, 0.2) is 0 Å². The molecule has 114 valence electrons. The molecule has 2 aliphatic heterocycles. The standard InChI is InChI=1S/C16H24N4O/c1-18-10-12-20(13-11-18)16(21)14-6-5-7-17-15(14)19-8-3-2-4-9-19/h5-7H,2-4,8-13H2,1H3. The highest BCUT2D eigenvalue weighted by Gasteiger charge is 2.25. The number of carbonyl (C=O) groups is 1. The van der Waals surface area contributed by atoms with E-state index in [9.17, 15) is 4.79 Å².